The molecule has 0 fully saturated rings. The van der Waals surface area contributed by atoms with Gasteiger partial charge in [-0.05, 0) is 29.8 Å². The molecular weight excluding hydrogens is 344 g/mol. The normalized spacial score (nSPS) is 11.9. The summed E-state index contributed by atoms with van der Waals surface area (Å²) in [4.78, 5) is 25.6. The van der Waals surface area contributed by atoms with Gasteiger partial charge in [0.15, 0.2) is 6.04 Å². The molecule has 2 rings (SSSR count). The van der Waals surface area contributed by atoms with Gasteiger partial charge in [0.25, 0.3) is 10.0 Å². The van der Waals surface area contributed by atoms with Crippen LogP contribution >= 0.6 is 0 Å². The van der Waals surface area contributed by atoms with Crippen LogP contribution in [0, 0.1) is 0 Å². The van der Waals surface area contributed by atoms with Crippen LogP contribution in [0.15, 0.2) is 64.5 Å². The summed E-state index contributed by atoms with van der Waals surface area (Å²) in [6, 6.07) is 13.4. The summed E-state index contributed by atoms with van der Waals surface area (Å²) in [7, 11) is -2.52. The second-order valence-electron chi connectivity index (χ2n) is 5.08. The van der Waals surface area contributed by atoms with Crippen molar-refractivity contribution in [3.8, 4) is 0 Å². The lowest BCUT2D eigenvalue weighted by Gasteiger charge is -2.11. The third kappa shape index (κ3) is 5.00. The van der Waals surface area contributed by atoms with Crippen molar-refractivity contribution >= 4 is 27.8 Å². The van der Waals surface area contributed by atoms with E-state index in [0.717, 1.165) is 0 Å². The third-order valence-electron chi connectivity index (χ3n) is 3.34. The Balaban J connectivity index is 2.21. The quantitative estimate of drug-likeness (QED) is 0.462. The molecule has 0 bridgehead atoms. The van der Waals surface area contributed by atoms with Crippen LogP contribution in [0.3, 0.4) is 0 Å². The number of aliphatic imine (C=N–C) groups is 1. The van der Waals surface area contributed by atoms with Gasteiger partial charge in [-0.15, -0.1) is 0 Å². The maximum atomic E-state index is 12.3. The van der Waals surface area contributed by atoms with E-state index < -0.39 is 22.0 Å². The van der Waals surface area contributed by atoms with Gasteiger partial charge in [-0.3, -0.25) is 4.72 Å². The summed E-state index contributed by atoms with van der Waals surface area (Å²) >= 11 is 0. The van der Waals surface area contributed by atoms with Gasteiger partial charge in [-0.25, -0.2) is 18.0 Å². The highest BCUT2D eigenvalue weighted by molar-refractivity contribution is 7.92. The van der Waals surface area contributed by atoms with Gasteiger partial charge in [-0.2, -0.15) is 4.99 Å². The van der Waals surface area contributed by atoms with Crippen molar-refractivity contribution in [1.82, 2.24) is 0 Å². The van der Waals surface area contributed by atoms with E-state index in [1.54, 1.807) is 42.5 Å². The molecule has 1 N–H and O–H groups in total. The first kappa shape index (κ1) is 18.4. The van der Waals surface area contributed by atoms with Crippen LogP contribution in [0.2, 0.25) is 0 Å². The first-order valence-corrected chi connectivity index (χ1v) is 8.76. The van der Waals surface area contributed by atoms with E-state index in [1.165, 1.54) is 25.3 Å². The molecule has 2 aromatic rings. The van der Waals surface area contributed by atoms with E-state index in [0.29, 0.717) is 11.3 Å². The molecule has 0 radical (unpaired) electrons. The topological polar surface area (TPSA) is 102 Å². The molecule has 0 aliphatic rings. The number of benzene rings is 2. The molecule has 130 valence electrons. The van der Waals surface area contributed by atoms with Crippen LogP contribution in [0.1, 0.15) is 5.56 Å². The van der Waals surface area contributed by atoms with E-state index in [9.17, 15) is 18.0 Å². The van der Waals surface area contributed by atoms with Gasteiger partial charge in [0.05, 0.1) is 12.0 Å². The number of sulfonamides is 1. The van der Waals surface area contributed by atoms with Crippen molar-refractivity contribution in [2.45, 2.75) is 17.4 Å². The summed E-state index contributed by atoms with van der Waals surface area (Å²) < 4.78 is 31.7. The molecule has 1 atom stereocenters. The van der Waals surface area contributed by atoms with Crippen molar-refractivity contribution in [3.05, 3.63) is 60.2 Å². The Morgan fingerprint density at radius 3 is 2.56 bits per heavy atom. The Hall–Kier alpha value is -2.96. The van der Waals surface area contributed by atoms with E-state index in [1.807, 2.05) is 0 Å². The minimum Gasteiger partial charge on any atom is -0.467 e. The molecule has 8 heteroatoms. The number of carbonyl (C=O) groups is 1. The average molecular weight is 360 g/mol. The number of nitrogens with one attached hydrogen (secondary N) is 1. The van der Waals surface area contributed by atoms with Gasteiger partial charge in [0.2, 0.25) is 6.08 Å². The molecule has 0 saturated carbocycles. The minimum absolute atomic E-state index is 0.0861. The molecule has 0 aliphatic carbocycles. The molecule has 1 unspecified atom stereocenters. The number of nitrogens with zero attached hydrogens (tertiary/aromatic N) is 1. The van der Waals surface area contributed by atoms with Crippen LogP contribution in [0.25, 0.3) is 0 Å². The van der Waals surface area contributed by atoms with E-state index in [2.05, 4.69) is 14.5 Å². The molecule has 0 aliphatic heterocycles. The molecule has 0 saturated heterocycles. The minimum atomic E-state index is -3.72. The monoisotopic (exact) mass is 360 g/mol. The fraction of sp³-hybridized carbons (Fsp3) is 0.176. The number of methoxy groups -OCH3 is 1. The summed E-state index contributed by atoms with van der Waals surface area (Å²) in [5.74, 6) is -0.668. The molecule has 25 heavy (non-hydrogen) atoms. The van der Waals surface area contributed by atoms with Gasteiger partial charge in [0.1, 0.15) is 0 Å². The van der Waals surface area contributed by atoms with Crippen LogP contribution < -0.4 is 4.72 Å². The maximum absolute atomic E-state index is 12.3. The van der Waals surface area contributed by atoms with Gasteiger partial charge in [0, 0.05) is 12.1 Å². The molecular formula is C17H16N2O5S. The van der Waals surface area contributed by atoms with Crippen LogP contribution in [-0.4, -0.2) is 33.6 Å². The van der Waals surface area contributed by atoms with Crippen molar-refractivity contribution in [2.24, 2.45) is 4.99 Å². The SMILES string of the molecule is COC(=O)C(Cc1cccc(NS(=O)(=O)c2ccccc2)c1)N=C=O. The highest BCUT2D eigenvalue weighted by Gasteiger charge is 2.19. The fourth-order valence-corrected chi connectivity index (χ4v) is 3.25. The number of isocyanates is 1. The Kier molecular flexibility index (Phi) is 6.05. The second-order valence-corrected chi connectivity index (χ2v) is 6.76. The summed E-state index contributed by atoms with van der Waals surface area (Å²) in [5.41, 5.74) is 0.947. The predicted molar refractivity (Wildman–Crippen MR) is 91.3 cm³/mol. The second kappa shape index (κ2) is 8.23. The first-order chi connectivity index (χ1) is 12.0. The smallest absolute Gasteiger partial charge is 0.331 e. The van der Waals surface area contributed by atoms with Crippen LogP contribution in [0.4, 0.5) is 5.69 Å². The highest BCUT2D eigenvalue weighted by atomic mass is 32.2. The molecule has 7 nitrogen and oxygen atoms in total. The van der Waals surface area contributed by atoms with Crippen molar-refractivity contribution in [1.29, 1.82) is 0 Å². The van der Waals surface area contributed by atoms with E-state index in [4.69, 9.17) is 0 Å². The zero-order valence-electron chi connectivity index (χ0n) is 13.4. The number of carbonyl (C=O) groups excluding carboxylic acids is 2. The first-order valence-electron chi connectivity index (χ1n) is 7.28. The zero-order chi connectivity index (χ0) is 18.3. The zero-order valence-corrected chi connectivity index (χ0v) is 14.2. The number of hydrogen-bond donors (Lipinski definition) is 1. The Morgan fingerprint density at radius 2 is 1.92 bits per heavy atom. The van der Waals surface area contributed by atoms with Gasteiger partial charge < -0.3 is 4.74 Å². The standard InChI is InChI=1S/C17H16N2O5S/c1-24-17(21)16(18-12-20)11-13-6-5-7-14(10-13)19-25(22,23)15-8-3-2-4-9-15/h2-10,16,19H,11H2,1H3. The predicted octanol–water partition coefficient (Wildman–Crippen LogP) is 1.91. The number of anilines is 1. The van der Waals surface area contributed by atoms with Crippen molar-refractivity contribution < 1.29 is 22.7 Å². The van der Waals surface area contributed by atoms with Gasteiger partial charge in [-0.1, -0.05) is 30.3 Å². The molecule has 0 spiro atoms. The third-order valence-corrected chi connectivity index (χ3v) is 4.74. The molecule has 0 amide bonds. The van der Waals surface area contributed by atoms with E-state index >= 15 is 0 Å². The van der Waals surface area contributed by atoms with Gasteiger partial charge >= 0.3 is 5.97 Å². The largest absolute Gasteiger partial charge is 0.467 e. The number of rotatable bonds is 7. The number of esters is 1. The Labute approximate surface area is 145 Å². The molecule has 0 heterocycles. The lowest BCUT2D eigenvalue weighted by Crippen LogP contribution is -2.22. The lowest BCUT2D eigenvalue weighted by molar-refractivity contribution is -0.142. The van der Waals surface area contributed by atoms with Crippen LogP contribution in [-0.2, 0) is 30.8 Å². The van der Waals surface area contributed by atoms with Crippen molar-refractivity contribution in [2.75, 3.05) is 11.8 Å². The van der Waals surface area contributed by atoms with E-state index in [-0.39, 0.29) is 11.3 Å². The fourth-order valence-electron chi connectivity index (χ4n) is 2.18. The summed E-state index contributed by atoms with van der Waals surface area (Å²) in [5, 5.41) is 0. The molecule has 0 aromatic heterocycles. The Bertz CT molecular complexity index is 890. The highest BCUT2D eigenvalue weighted by Crippen LogP contribution is 2.18. The molecule has 2 aromatic carbocycles. The number of ether oxygens (including phenoxy) is 1. The lowest BCUT2D eigenvalue weighted by atomic mass is 10.1. The average Bonchev–Trinajstić information content (AvgIpc) is 2.61. The Morgan fingerprint density at radius 1 is 1.20 bits per heavy atom. The summed E-state index contributed by atoms with van der Waals surface area (Å²) in [6.45, 7) is 0. The maximum Gasteiger partial charge on any atom is 0.331 e. The number of hydrogen-bond acceptors (Lipinski definition) is 6. The summed E-state index contributed by atoms with van der Waals surface area (Å²) in [6.07, 6.45) is 1.43. The van der Waals surface area contributed by atoms with Crippen LogP contribution in [0.5, 0.6) is 0 Å². The van der Waals surface area contributed by atoms with Crippen molar-refractivity contribution in [3.63, 3.8) is 0 Å².